The van der Waals surface area contributed by atoms with E-state index in [1.165, 1.54) is 6.92 Å². The Morgan fingerprint density at radius 2 is 1.60 bits per heavy atom. The summed E-state index contributed by atoms with van der Waals surface area (Å²) in [4.78, 5) is 24.0. The van der Waals surface area contributed by atoms with Crippen molar-refractivity contribution in [2.45, 2.75) is 19.9 Å². The molecule has 0 fully saturated rings. The smallest absolute Gasteiger partial charge is 0.285 e. The summed E-state index contributed by atoms with van der Waals surface area (Å²) in [5, 5.41) is 4.47. The molecule has 1 heterocycles. The average molecular weight is 400 g/mol. The maximum absolute atomic E-state index is 12.5. The first-order chi connectivity index (χ1) is 11.6. The normalized spacial score (nSPS) is 10.1. The van der Waals surface area contributed by atoms with Gasteiger partial charge in [-0.3, -0.25) is 9.59 Å². The molecule has 6 heteroatoms. The third kappa shape index (κ3) is 4.70. The number of rotatable bonds is 6. The van der Waals surface area contributed by atoms with Gasteiger partial charge in [-0.2, -0.15) is 0 Å². The van der Waals surface area contributed by atoms with Crippen molar-refractivity contribution < 1.29 is 31.1 Å². The highest BCUT2D eigenvalue weighted by molar-refractivity contribution is 5.95. The monoisotopic (exact) mass is 399 g/mol. The first kappa shape index (κ1) is 18.7. The van der Waals surface area contributed by atoms with Crippen molar-refractivity contribution in [3.63, 3.8) is 0 Å². The first-order valence-electron chi connectivity index (χ1n) is 7.74. The minimum absolute atomic E-state index is 0. The highest BCUT2D eigenvalue weighted by Crippen LogP contribution is 2.06. The Hall–Kier alpha value is -2.60. The predicted octanol–water partition coefficient (Wildman–Crippen LogP) is -0.822. The Balaban J connectivity index is 0.00000225. The molecule has 0 bridgehead atoms. The number of aromatic nitrogens is 3. The molecule has 0 unspecified atom stereocenters. The van der Waals surface area contributed by atoms with E-state index < -0.39 is 0 Å². The van der Waals surface area contributed by atoms with Gasteiger partial charge < -0.3 is 17.0 Å². The van der Waals surface area contributed by atoms with Crippen molar-refractivity contribution in [1.82, 2.24) is 9.78 Å². The van der Waals surface area contributed by atoms with E-state index in [0.29, 0.717) is 11.4 Å². The fraction of sp³-hybridized carbons (Fsp3) is 0.158. The molecular weight excluding hydrogens is 382 g/mol. The molecule has 1 aromatic heterocycles. The fourth-order valence-electron chi connectivity index (χ4n) is 2.47. The number of carbonyl (C=O) groups is 2. The topological polar surface area (TPSA) is 55.8 Å². The van der Waals surface area contributed by atoms with Crippen LogP contribution >= 0.6 is 0 Å². The third-order valence-electron chi connectivity index (χ3n) is 3.64. The molecular formula is C19H18BrN3O2. The van der Waals surface area contributed by atoms with Gasteiger partial charge in [-0.15, -0.1) is 0 Å². The Morgan fingerprint density at radius 1 is 1.00 bits per heavy atom. The number of Topliss-reactive ketones (excluding diaryl/α,β-unsaturated/α-hetero) is 2. The summed E-state index contributed by atoms with van der Waals surface area (Å²) in [5.41, 5.74) is 1.53. The summed E-state index contributed by atoms with van der Waals surface area (Å²) < 4.78 is 3.43. The van der Waals surface area contributed by atoms with Crippen LogP contribution in [0.1, 0.15) is 23.1 Å². The lowest BCUT2D eigenvalue weighted by Gasteiger charge is -2.00. The maximum atomic E-state index is 12.5. The lowest BCUT2D eigenvalue weighted by atomic mass is 10.1. The Kier molecular flexibility index (Phi) is 6.36. The van der Waals surface area contributed by atoms with E-state index in [9.17, 15) is 9.59 Å². The van der Waals surface area contributed by atoms with Crippen molar-refractivity contribution in [3.05, 3.63) is 78.4 Å². The summed E-state index contributed by atoms with van der Waals surface area (Å²) in [6, 6.07) is 18.7. The van der Waals surface area contributed by atoms with Crippen LogP contribution in [0.15, 0.2) is 67.0 Å². The van der Waals surface area contributed by atoms with E-state index in [4.69, 9.17) is 0 Å². The van der Waals surface area contributed by atoms with Crippen LogP contribution in [0.25, 0.3) is 5.69 Å². The van der Waals surface area contributed by atoms with Gasteiger partial charge >= 0.3 is 0 Å². The molecule has 0 spiro atoms. The molecule has 0 radical (unpaired) electrons. The van der Waals surface area contributed by atoms with Gasteiger partial charge in [0.15, 0.2) is 5.78 Å². The Labute approximate surface area is 156 Å². The fourth-order valence-corrected chi connectivity index (χ4v) is 2.47. The molecule has 2 aromatic carbocycles. The minimum atomic E-state index is -0.0157. The van der Waals surface area contributed by atoms with Crippen molar-refractivity contribution in [2.75, 3.05) is 0 Å². The second kappa shape index (κ2) is 8.48. The summed E-state index contributed by atoms with van der Waals surface area (Å²) in [7, 11) is 0. The van der Waals surface area contributed by atoms with E-state index in [0.717, 1.165) is 5.69 Å². The number of nitrogens with zero attached hydrogens (tertiary/aromatic N) is 3. The molecule has 3 aromatic rings. The zero-order chi connectivity index (χ0) is 16.9. The minimum Gasteiger partial charge on any atom is -1.00 e. The molecule has 0 aliphatic rings. The quantitative estimate of drug-likeness (QED) is 0.402. The summed E-state index contributed by atoms with van der Waals surface area (Å²) in [5.74, 6) is 0.572. The number of ketones is 2. The molecule has 3 rings (SSSR count). The molecule has 0 atom stereocenters. The molecule has 0 saturated carbocycles. The van der Waals surface area contributed by atoms with E-state index in [2.05, 4.69) is 5.10 Å². The van der Waals surface area contributed by atoms with Crippen LogP contribution in [0.5, 0.6) is 0 Å². The van der Waals surface area contributed by atoms with Crippen LogP contribution in [-0.4, -0.2) is 21.3 Å². The molecule has 0 aliphatic heterocycles. The largest absolute Gasteiger partial charge is 1.00 e. The van der Waals surface area contributed by atoms with E-state index >= 15 is 0 Å². The van der Waals surface area contributed by atoms with Crippen LogP contribution in [0, 0.1) is 0 Å². The number of halogens is 1. The van der Waals surface area contributed by atoms with Crippen LogP contribution in [0.3, 0.4) is 0 Å². The predicted molar refractivity (Wildman–Crippen MR) is 88.9 cm³/mol. The molecule has 0 amide bonds. The van der Waals surface area contributed by atoms with Crippen LogP contribution in [0.2, 0.25) is 0 Å². The second-order valence-corrected chi connectivity index (χ2v) is 5.61. The van der Waals surface area contributed by atoms with Crippen molar-refractivity contribution in [3.8, 4) is 5.69 Å². The highest BCUT2D eigenvalue weighted by Gasteiger charge is 2.22. The Morgan fingerprint density at radius 3 is 2.20 bits per heavy atom. The first-order valence-corrected chi connectivity index (χ1v) is 7.74. The average Bonchev–Trinajstić information content (AvgIpc) is 2.98. The lowest BCUT2D eigenvalue weighted by Crippen LogP contribution is -3.00. The molecule has 0 aliphatic carbocycles. The number of benzene rings is 2. The van der Waals surface area contributed by atoms with E-state index in [-0.39, 0.29) is 41.5 Å². The van der Waals surface area contributed by atoms with Gasteiger partial charge in [0, 0.05) is 10.7 Å². The van der Waals surface area contributed by atoms with Crippen molar-refractivity contribution in [2.24, 2.45) is 0 Å². The van der Waals surface area contributed by atoms with Crippen molar-refractivity contribution in [1.29, 1.82) is 0 Å². The highest BCUT2D eigenvalue weighted by atomic mass is 79.9. The van der Waals surface area contributed by atoms with Crippen LogP contribution in [-0.2, 0) is 17.8 Å². The number of para-hydroxylation sites is 1. The molecule has 0 saturated heterocycles. The van der Waals surface area contributed by atoms with Gasteiger partial charge in [-0.25, -0.2) is 4.57 Å². The van der Waals surface area contributed by atoms with Crippen LogP contribution < -0.4 is 21.5 Å². The van der Waals surface area contributed by atoms with E-state index in [1.807, 2.05) is 48.5 Å². The van der Waals surface area contributed by atoms with Gasteiger partial charge in [0.25, 0.3) is 5.82 Å². The maximum Gasteiger partial charge on any atom is 0.285 e. The number of carbonyl (C=O) groups excluding carboxylic acids is 2. The lowest BCUT2D eigenvalue weighted by molar-refractivity contribution is -0.690. The summed E-state index contributed by atoms with van der Waals surface area (Å²) in [6.45, 7) is 1.67. The van der Waals surface area contributed by atoms with Gasteiger partial charge in [-0.1, -0.05) is 53.2 Å². The third-order valence-corrected chi connectivity index (χ3v) is 3.64. The summed E-state index contributed by atoms with van der Waals surface area (Å²) in [6.07, 6.45) is 1.95. The summed E-state index contributed by atoms with van der Waals surface area (Å²) >= 11 is 0. The van der Waals surface area contributed by atoms with Gasteiger partial charge in [-0.05, 0) is 19.1 Å². The zero-order valence-electron chi connectivity index (χ0n) is 13.8. The SMILES string of the molecule is CC(=O)Cc1nn(-c2ccccc2)c[n+]1CC(=O)c1ccccc1.[Br-]. The molecule has 0 N–H and O–H groups in total. The molecule has 25 heavy (non-hydrogen) atoms. The Bertz CT molecular complexity index is 861. The number of hydrogen-bond donors (Lipinski definition) is 0. The van der Waals surface area contributed by atoms with Gasteiger partial charge in [0.1, 0.15) is 18.0 Å². The van der Waals surface area contributed by atoms with Gasteiger partial charge in [0.05, 0.1) is 6.42 Å². The van der Waals surface area contributed by atoms with Gasteiger partial charge in [0.2, 0.25) is 6.33 Å². The standard InChI is InChI=1S/C19H18N3O2.BrH/c1-15(23)12-19-20-22(17-10-6-3-7-11-17)14-21(19)13-18(24)16-8-4-2-5-9-16;/h2-11,14H,12-13H2,1H3;1H/q+1;/p-1. The van der Waals surface area contributed by atoms with E-state index in [1.54, 1.807) is 27.7 Å². The molecule has 128 valence electrons. The number of hydrogen-bond acceptors (Lipinski definition) is 3. The molecule has 5 nitrogen and oxygen atoms in total. The van der Waals surface area contributed by atoms with Crippen LogP contribution in [0.4, 0.5) is 0 Å². The second-order valence-electron chi connectivity index (χ2n) is 5.61. The zero-order valence-corrected chi connectivity index (χ0v) is 15.4. The van der Waals surface area contributed by atoms with Crippen molar-refractivity contribution >= 4 is 11.6 Å².